The molecule has 6 nitrogen and oxygen atoms in total. The highest BCUT2D eigenvalue weighted by molar-refractivity contribution is 7.87. The van der Waals surface area contributed by atoms with Gasteiger partial charge in [0.2, 0.25) is 0 Å². The smallest absolute Gasteiger partial charge is 0.306 e. The topological polar surface area (TPSA) is 75.7 Å². The number of esters is 1. The zero-order chi connectivity index (χ0) is 11.9. The first-order valence-electron chi connectivity index (χ1n) is 4.32. The summed E-state index contributed by atoms with van der Waals surface area (Å²) < 4.78 is 30.5. The van der Waals surface area contributed by atoms with Crippen molar-refractivity contribution in [2.45, 2.75) is 6.42 Å². The molecule has 0 atom stereocenters. The zero-order valence-electron chi connectivity index (χ0n) is 8.89. The highest BCUT2D eigenvalue weighted by Crippen LogP contribution is 1.96. The fraction of sp³-hybridized carbons (Fsp3) is 0.625. The average molecular weight is 236 g/mol. The van der Waals surface area contributed by atoms with Crippen LogP contribution in [-0.4, -0.2) is 45.9 Å². The van der Waals surface area contributed by atoms with Gasteiger partial charge in [0.25, 0.3) is 10.2 Å². The molecule has 0 saturated carbocycles. The van der Waals surface area contributed by atoms with Crippen LogP contribution in [-0.2, 0) is 19.7 Å². The summed E-state index contributed by atoms with van der Waals surface area (Å²) in [5, 5.41) is 0. The third kappa shape index (κ3) is 5.50. The molecular weight excluding hydrogens is 220 g/mol. The number of ether oxygens (including phenoxy) is 1. The molecule has 0 aromatic heterocycles. The van der Waals surface area contributed by atoms with Crippen LogP contribution in [0.4, 0.5) is 0 Å². The Balaban J connectivity index is 4.13. The maximum absolute atomic E-state index is 11.4. The van der Waals surface area contributed by atoms with E-state index in [4.69, 9.17) is 0 Å². The average Bonchev–Trinajstić information content (AvgIpc) is 2.22. The van der Waals surface area contributed by atoms with Crippen LogP contribution in [0, 0.1) is 0 Å². The highest BCUT2D eigenvalue weighted by atomic mass is 32.2. The van der Waals surface area contributed by atoms with E-state index in [1.54, 1.807) is 0 Å². The van der Waals surface area contributed by atoms with E-state index in [-0.39, 0.29) is 19.5 Å². The molecule has 0 aliphatic rings. The molecule has 7 heteroatoms. The number of nitrogens with zero attached hydrogens (tertiary/aromatic N) is 1. The number of hydrogen-bond donors (Lipinski definition) is 1. The van der Waals surface area contributed by atoms with Crippen molar-refractivity contribution in [3.63, 3.8) is 0 Å². The molecular formula is C8H16N2O4S. The van der Waals surface area contributed by atoms with E-state index < -0.39 is 16.2 Å². The van der Waals surface area contributed by atoms with Crippen LogP contribution >= 0.6 is 0 Å². The molecule has 0 aromatic carbocycles. The van der Waals surface area contributed by atoms with Gasteiger partial charge in [-0.2, -0.15) is 17.4 Å². The molecule has 0 unspecified atom stereocenters. The van der Waals surface area contributed by atoms with Gasteiger partial charge in [0.05, 0.1) is 13.5 Å². The standard InChI is InChI=1S/C8H16N2O4S/c1-4-6-9-15(12,13)10(2)7-5-8(11)14-3/h4,9H,1,5-7H2,2-3H3. The van der Waals surface area contributed by atoms with E-state index in [1.807, 2.05) is 0 Å². The van der Waals surface area contributed by atoms with E-state index in [0.29, 0.717) is 0 Å². The van der Waals surface area contributed by atoms with Gasteiger partial charge in [-0.05, 0) is 0 Å². The summed E-state index contributed by atoms with van der Waals surface area (Å²) in [6, 6.07) is 0. The van der Waals surface area contributed by atoms with Gasteiger partial charge in [-0.1, -0.05) is 6.08 Å². The Labute approximate surface area is 90.1 Å². The van der Waals surface area contributed by atoms with E-state index in [1.165, 1.54) is 20.2 Å². The Hall–Kier alpha value is -0.920. The van der Waals surface area contributed by atoms with Gasteiger partial charge < -0.3 is 4.74 Å². The van der Waals surface area contributed by atoms with E-state index in [2.05, 4.69) is 16.0 Å². The lowest BCUT2D eigenvalue weighted by molar-refractivity contribution is -0.140. The quantitative estimate of drug-likeness (QED) is 0.477. The van der Waals surface area contributed by atoms with Gasteiger partial charge in [0.1, 0.15) is 0 Å². The number of methoxy groups -OCH3 is 1. The van der Waals surface area contributed by atoms with Crippen LogP contribution in [0.5, 0.6) is 0 Å². The molecule has 0 fully saturated rings. The lowest BCUT2D eigenvalue weighted by atomic mass is 10.4. The van der Waals surface area contributed by atoms with Gasteiger partial charge in [-0.15, -0.1) is 6.58 Å². The molecule has 0 saturated heterocycles. The molecule has 0 amide bonds. The number of carbonyl (C=O) groups excluding carboxylic acids is 1. The first kappa shape index (κ1) is 14.1. The lowest BCUT2D eigenvalue weighted by Gasteiger charge is -2.16. The summed E-state index contributed by atoms with van der Waals surface area (Å²) in [7, 11) is -0.882. The lowest BCUT2D eigenvalue weighted by Crippen LogP contribution is -2.39. The zero-order valence-corrected chi connectivity index (χ0v) is 9.71. The van der Waals surface area contributed by atoms with Crippen LogP contribution in [0.2, 0.25) is 0 Å². The fourth-order valence-corrected chi connectivity index (χ4v) is 1.63. The number of carbonyl (C=O) groups is 1. The third-order valence-corrected chi connectivity index (χ3v) is 3.21. The molecule has 0 aromatic rings. The van der Waals surface area contributed by atoms with Crippen LogP contribution < -0.4 is 4.72 Å². The predicted molar refractivity (Wildman–Crippen MR) is 56.4 cm³/mol. The molecule has 0 radical (unpaired) electrons. The third-order valence-electron chi connectivity index (χ3n) is 1.68. The van der Waals surface area contributed by atoms with Crippen molar-refractivity contribution in [3.8, 4) is 0 Å². The summed E-state index contributed by atoms with van der Waals surface area (Å²) in [6.45, 7) is 3.63. The summed E-state index contributed by atoms with van der Waals surface area (Å²) in [5.74, 6) is -0.444. The summed E-state index contributed by atoms with van der Waals surface area (Å²) >= 11 is 0. The van der Waals surface area contributed by atoms with Gasteiger partial charge in [-0.25, -0.2) is 0 Å². The number of rotatable bonds is 7. The van der Waals surface area contributed by atoms with Crippen molar-refractivity contribution in [1.82, 2.24) is 9.03 Å². The molecule has 1 N–H and O–H groups in total. The predicted octanol–water partition coefficient (Wildman–Crippen LogP) is -0.498. The fourth-order valence-electron chi connectivity index (χ4n) is 0.745. The van der Waals surface area contributed by atoms with Crippen LogP contribution in [0.25, 0.3) is 0 Å². The van der Waals surface area contributed by atoms with Crippen molar-refractivity contribution in [2.24, 2.45) is 0 Å². The summed E-state index contributed by atoms with van der Waals surface area (Å²) in [6.07, 6.45) is 1.47. The maximum Gasteiger partial charge on any atom is 0.306 e. The Morgan fingerprint density at radius 2 is 2.20 bits per heavy atom. The monoisotopic (exact) mass is 236 g/mol. The maximum atomic E-state index is 11.4. The number of hydrogen-bond acceptors (Lipinski definition) is 4. The molecule has 15 heavy (non-hydrogen) atoms. The largest absolute Gasteiger partial charge is 0.469 e. The Morgan fingerprint density at radius 1 is 1.60 bits per heavy atom. The molecule has 0 bridgehead atoms. The second-order valence-electron chi connectivity index (χ2n) is 2.79. The van der Waals surface area contributed by atoms with Gasteiger partial charge in [0.15, 0.2) is 0 Å². The van der Waals surface area contributed by atoms with E-state index >= 15 is 0 Å². The summed E-state index contributed by atoms with van der Waals surface area (Å²) in [5.41, 5.74) is 0. The second-order valence-corrected chi connectivity index (χ2v) is 4.65. The molecule has 88 valence electrons. The second kappa shape index (κ2) is 6.54. The Kier molecular flexibility index (Phi) is 6.14. The Morgan fingerprint density at radius 3 is 2.67 bits per heavy atom. The summed E-state index contributed by atoms with van der Waals surface area (Å²) in [4.78, 5) is 10.8. The van der Waals surface area contributed by atoms with E-state index in [0.717, 1.165) is 4.31 Å². The van der Waals surface area contributed by atoms with Crippen molar-refractivity contribution in [3.05, 3.63) is 12.7 Å². The molecule has 0 heterocycles. The SMILES string of the molecule is C=CCNS(=O)(=O)N(C)CCC(=O)OC. The minimum absolute atomic E-state index is 0.0298. The highest BCUT2D eigenvalue weighted by Gasteiger charge is 2.17. The van der Waals surface area contributed by atoms with E-state index in [9.17, 15) is 13.2 Å². The van der Waals surface area contributed by atoms with Crippen molar-refractivity contribution >= 4 is 16.2 Å². The van der Waals surface area contributed by atoms with Crippen LogP contribution in [0.3, 0.4) is 0 Å². The number of nitrogens with one attached hydrogen (secondary N) is 1. The van der Waals surface area contributed by atoms with Crippen LogP contribution in [0.15, 0.2) is 12.7 Å². The van der Waals surface area contributed by atoms with Crippen molar-refractivity contribution in [2.75, 3.05) is 27.2 Å². The van der Waals surface area contributed by atoms with Gasteiger partial charge in [0, 0.05) is 20.1 Å². The van der Waals surface area contributed by atoms with Gasteiger partial charge >= 0.3 is 5.97 Å². The Bertz CT molecular complexity index is 313. The first-order valence-corrected chi connectivity index (χ1v) is 5.76. The first-order chi connectivity index (χ1) is 6.94. The van der Waals surface area contributed by atoms with Gasteiger partial charge in [-0.3, -0.25) is 4.79 Å². The molecule has 0 aliphatic heterocycles. The van der Waals surface area contributed by atoms with Crippen molar-refractivity contribution < 1.29 is 17.9 Å². The van der Waals surface area contributed by atoms with Crippen molar-refractivity contribution in [1.29, 1.82) is 0 Å². The molecule has 0 aliphatic carbocycles. The van der Waals surface area contributed by atoms with Crippen LogP contribution in [0.1, 0.15) is 6.42 Å². The normalized spacial score (nSPS) is 11.4. The minimum atomic E-state index is -3.52. The minimum Gasteiger partial charge on any atom is -0.469 e. The molecule has 0 spiro atoms. The molecule has 0 rings (SSSR count).